The fourth-order valence-corrected chi connectivity index (χ4v) is 2.87. The molecule has 1 aromatic rings. The van der Waals surface area contributed by atoms with Gasteiger partial charge in [-0.2, -0.15) is 5.26 Å². The van der Waals surface area contributed by atoms with Crippen molar-refractivity contribution in [3.05, 3.63) is 28.2 Å². The molecule has 0 radical (unpaired) electrons. The first-order chi connectivity index (χ1) is 9.11. The molecule has 1 fully saturated rings. The number of anilines is 1. The van der Waals surface area contributed by atoms with Crippen LogP contribution in [0.15, 0.2) is 22.7 Å². The predicted molar refractivity (Wildman–Crippen MR) is 77.7 cm³/mol. The summed E-state index contributed by atoms with van der Waals surface area (Å²) in [5, 5.41) is 15.1. The van der Waals surface area contributed by atoms with E-state index in [2.05, 4.69) is 32.6 Å². The number of carbonyl (C=O) groups excluding carboxylic acids is 1. The van der Waals surface area contributed by atoms with Crippen molar-refractivity contribution in [1.29, 1.82) is 5.26 Å². The summed E-state index contributed by atoms with van der Waals surface area (Å²) in [5.74, 6) is -0.00194. The van der Waals surface area contributed by atoms with E-state index in [1.807, 2.05) is 6.92 Å². The zero-order chi connectivity index (χ0) is 13.9. The van der Waals surface area contributed by atoms with Gasteiger partial charge in [-0.1, -0.05) is 6.92 Å². The van der Waals surface area contributed by atoms with Crippen molar-refractivity contribution >= 4 is 27.5 Å². The Kier molecular flexibility index (Phi) is 4.23. The molecule has 5 heteroatoms. The summed E-state index contributed by atoms with van der Waals surface area (Å²) in [6, 6.07) is 7.22. The van der Waals surface area contributed by atoms with Gasteiger partial charge in [-0.3, -0.25) is 4.79 Å². The molecular weight excluding hydrogens is 306 g/mol. The lowest BCUT2D eigenvalue weighted by molar-refractivity contribution is -0.122. The van der Waals surface area contributed by atoms with Gasteiger partial charge in [0.05, 0.1) is 22.9 Å². The molecule has 1 aliphatic rings. The SMILES string of the molecule is CCC1(C(=O)Nc2ccc(C#N)cc2Br)CCCN1. The van der Waals surface area contributed by atoms with Crippen molar-refractivity contribution in [1.82, 2.24) is 5.32 Å². The second-order valence-electron chi connectivity index (χ2n) is 4.73. The minimum absolute atomic E-state index is 0.00194. The molecule has 0 aromatic heterocycles. The monoisotopic (exact) mass is 321 g/mol. The highest BCUT2D eigenvalue weighted by molar-refractivity contribution is 9.10. The Hall–Kier alpha value is -1.38. The number of rotatable bonds is 3. The standard InChI is InChI=1S/C14H16BrN3O/c1-2-14(6-3-7-17-14)13(19)18-12-5-4-10(9-16)8-11(12)15/h4-5,8,17H,2-3,6-7H2,1H3,(H,18,19). The number of halogens is 1. The molecular formula is C14H16BrN3O. The number of benzene rings is 1. The van der Waals surface area contributed by atoms with Crippen molar-refractivity contribution in [2.75, 3.05) is 11.9 Å². The van der Waals surface area contributed by atoms with Crippen molar-refractivity contribution in [2.45, 2.75) is 31.7 Å². The average Bonchev–Trinajstić information content (AvgIpc) is 2.91. The van der Waals surface area contributed by atoms with Crippen LogP contribution in [0.5, 0.6) is 0 Å². The van der Waals surface area contributed by atoms with E-state index in [1.54, 1.807) is 18.2 Å². The summed E-state index contributed by atoms with van der Waals surface area (Å²) in [7, 11) is 0. The van der Waals surface area contributed by atoms with Crippen LogP contribution in [0.2, 0.25) is 0 Å². The Morgan fingerprint density at radius 3 is 2.95 bits per heavy atom. The van der Waals surface area contributed by atoms with E-state index in [0.29, 0.717) is 11.3 Å². The number of nitrogens with one attached hydrogen (secondary N) is 2. The lowest BCUT2D eigenvalue weighted by Crippen LogP contribution is -2.50. The van der Waals surface area contributed by atoms with Gasteiger partial charge in [-0.05, 0) is 59.9 Å². The van der Waals surface area contributed by atoms with Crippen molar-refractivity contribution < 1.29 is 4.79 Å². The van der Waals surface area contributed by atoms with Crippen LogP contribution in [0, 0.1) is 11.3 Å². The summed E-state index contributed by atoms with van der Waals surface area (Å²) < 4.78 is 0.726. The summed E-state index contributed by atoms with van der Waals surface area (Å²) >= 11 is 3.38. The summed E-state index contributed by atoms with van der Waals surface area (Å²) in [6.45, 7) is 2.90. The normalized spacial score (nSPS) is 21.9. The number of nitriles is 1. The molecule has 19 heavy (non-hydrogen) atoms. The van der Waals surface area contributed by atoms with Crippen LogP contribution in [0.1, 0.15) is 31.7 Å². The Morgan fingerprint density at radius 1 is 1.63 bits per heavy atom. The number of amides is 1. The van der Waals surface area contributed by atoms with Gasteiger partial charge in [0.1, 0.15) is 0 Å². The molecule has 4 nitrogen and oxygen atoms in total. The number of hydrogen-bond donors (Lipinski definition) is 2. The van der Waals surface area contributed by atoms with Gasteiger partial charge in [0.25, 0.3) is 0 Å². The Bertz CT molecular complexity index is 530. The second kappa shape index (κ2) is 5.72. The van der Waals surface area contributed by atoms with Gasteiger partial charge in [0.15, 0.2) is 0 Å². The molecule has 1 unspecified atom stereocenters. The highest BCUT2D eigenvalue weighted by Gasteiger charge is 2.39. The first kappa shape index (κ1) is 14.0. The van der Waals surface area contributed by atoms with Crippen LogP contribution < -0.4 is 10.6 Å². The first-order valence-electron chi connectivity index (χ1n) is 6.37. The maximum Gasteiger partial charge on any atom is 0.244 e. The van der Waals surface area contributed by atoms with Crippen LogP contribution in [0.4, 0.5) is 5.69 Å². The van der Waals surface area contributed by atoms with Crippen molar-refractivity contribution in [3.8, 4) is 6.07 Å². The number of carbonyl (C=O) groups is 1. The number of nitrogens with zero attached hydrogens (tertiary/aromatic N) is 1. The summed E-state index contributed by atoms with van der Waals surface area (Å²) in [5.41, 5.74) is 0.812. The van der Waals surface area contributed by atoms with E-state index in [0.717, 1.165) is 30.3 Å². The maximum absolute atomic E-state index is 12.4. The molecule has 1 saturated heterocycles. The highest BCUT2D eigenvalue weighted by Crippen LogP contribution is 2.28. The summed E-state index contributed by atoms with van der Waals surface area (Å²) in [6.07, 6.45) is 2.66. The highest BCUT2D eigenvalue weighted by atomic mass is 79.9. The minimum atomic E-state index is -0.451. The molecule has 1 aromatic carbocycles. The van der Waals surface area contributed by atoms with Gasteiger partial charge < -0.3 is 10.6 Å². The van der Waals surface area contributed by atoms with E-state index >= 15 is 0 Å². The second-order valence-corrected chi connectivity index (χ2v) is 5.58. The molecule has 0 aliphatic carbocycles. The lowest BCUT2D eigenvalue weighted by atomic mass is 9.93. The van der Waals surface area contributed by atoms with Gasteiger partial charge in [0.2, 0.25) is 5.91 Å². The third-order valence-electron chi connectivity index (χ3n) is 3.63. The van der Waals surface area contributed by atoms with Gasteiger partial charge in [-0.15, -0.1) is 0 Å². The van der Waals surface area contributed by atoms with Gasteiger partial charge in [0, 0.05) is 4.47 Å². The van der Waals surface area contributed by atoms with Crippen molar-refractivity contribution in [2.24, 2.45) is 0 Å². The first-order valence-corrected chi connectivity index (χ1v) is 7.17. The molecule has 2 rings (SSSR count). The third-order valence-corrected chi connectivity index (χ3v) is 4.28. The van der Waals surface area contributed by atoms with Crippen molar-refractivity contribution in [3.63, 3.8) is 0 Å². The molecule has 100 valence electrons. The molecule has 0 bridgehead atoms. The van der Waals surface area contributed by atoms with Crippen LogP contribution in [0.25, 0.3) is 0 Å². The lowest BCUT2D eigenvalue weighted by Gasteiger charge is -2.26. The zero-order valence-corrected chi connectivity index (χ0v) is 12.4. The van der Waals surface area contributed by atoms with E-state index < -0.39 is 5.54 Å². The zero-order valence-electron chi connectivity index (χ0n) is 10.8. The number of hydrogen-bond acceptors (Lipinski definition) is 3. The molecule has 1 aliphatic heterocycles. The van der Waals surface area contributed by atoms with E-state index in [-0.39, 0.29) is 5.91 Å². The predicted octanol–water partition coefficient (Wildman–Crippen LogP) is 2.79. The quantitative estimate of drug-likeness (QED) is 0.899. The Labute approximate surface area is 121 Å². The molecule has 0 spiro atoms. The Morgan fingerprint density at radius 2 is 2.42 bits per heavy atom. The molecule has 1 amide bonds. The largest absolute Gasteiger partial charge is 0.323 e. The third kappa shape index (κ3) is 2.80. The van der Waals surface area contributed by atoms with Crippen LogP contribution >= 0.6 is 15.9 Å². The molecule has 1 heterocycles. The molecule has 0 saturated carbocycles. The van der Waals surface area contributed by atoms with Crippen LogP contribution in [0.3, 0.4) is 0 Å². The van der Waals surface area contributed by atoms with E-state index in [4.69, 9.17) is 5.26 Å². The minimum Gasteiger partial charge on any atom is -0.323 e. The van der Waals surface area contributed by atoms with Gasteiger partial charge >= 0.3 is 0 Å². The van der Waals surface area contributed by atoms with E-state index in [9.17, 15) is 4.79 Å². The average molecular weight is 322 g/mol. The fraction of sp³-hybridized carbons (Fsp3) is 0.429. The van der Waals surface area contributed by atoms with Crippen LogP contribution in [-0.2, 0) is 4.79 Å². The van der Waals surface area contributed by atoms with Gasteiger partial charge in [-0.25, -0.2) is 0 Å². The summed E-state index contributed by atoms with van der Waals surface area (Å²) in [4.78, 5) is 12.4. The smallest absolute Gasteiger partial charge is 0.244 e. The Balaban J connectivity index is 2.17. The topological polar surface area (TPSA) is 64.9 Å². The fourth-order valence-electron chi connectivity index (χ4n) is 2.39. The molecule has 2 N–H and O–H groups in total. The van der Waals surface area contributed by atoms with Crippen LogP contribution in [-0.4, -0.2) is 18.0 Å². The maximum atomic E-state index is 12.4. The molecule has 1 atom stereocenters. The van der Waals surface area contributed by atoms with E-state index in [1.165, 1.54) is 0 Å².